The van der Waals surface area contributed by atoms with Crippen LogP contribution in [0.3, 0.4) is 0 Å². The number of halogens is 1. The van der Waals surface area contributed by atoms with Gasteiger partial charge in [0.15, 0.2) is 5.82 Å². The van der Waals surface area contributed by atoms with Crippen LogP contribution in [0.5, 0.6) is 0 Å². The Morgan fingerprint density at radius 3 is 3.00 bits per heavy atom. The molecule has 3 rings (SSSR count). The van der Waals surface area contributed by atoms with E-state index in [1.807, 2.05) is 24.3 Å². The first-order valence-corrected chi connectivity index (χ1v) is 7.82. The molecule has 2 aromatic rings. The highest BCUT2D eigenvalue weighted by Crippen LogP contribution is 2.38. The Morgan fingerprint density at radius 2 is 2.33 bits per heavy atom. The van der Waals surface area contributed by atoms with Crippen LogP contribution in [0.1, 0.15) is 48.8 Å². The van der Waals surface area contributed by atoms with Gasteiger partial charge in [0.05, 0.1) is 6.61 Å². The standard InChI is InChI=1S/C15H16BrN3O2/c1-2-21-15(20)12(10-4-3-5-11(16)8-10)14-17-13(18-19-14)9-6-7-9/h3-5,8-9,12H,2,6-7H2,1H3,(H,17,18,19). The van der Waals surface area contributed by atoms with Gasteiger partial charge in [-0.15, -0.1) is 0 Å². The van der Waals surface area contributed by atoms with Crippen molar-refractivity contribution in [3.05, 3.63) is 46.0 Å². The van der Waals surface area contributed by atoms with E-state index in [0.29, 0.717) is 18.3 Å². The van der Waals surface area contributed by atoms with Gasteiger partial charge in [-0.05, 0) is 37.5 Å². The third-order valence-corrected chi connectivity index (χ3v) is 3.94. The number of nitrogens with one attached hydrogen (secondary N) is 1. The van der Waals surface area contributed by atoms with Crippen LogP contribution in [0, 0.1) is 0 Å². The maximum absolute atomic E-state index is 12.3. The van der Waals surface area contributed by atoms with Crippen molar-refractivity contribution in [3.63, 3.8) is 0 Å². The first-order valence-electron chi connectivity index (χ1n) is 7.03. The van der Waals surface area contributed by atoms with Crippen molar-refractivity contribution < 1.29 is 9.53 Å². The Morgan fingerprint density at radius 1 is 1.52 bits per heavy atom. The zero-order valence-corrected chi connectivity index (χ0v) is 13.3. The van der Waals surface area contributed by atoms with Gasteiger partial charge >= 0.3 is 5.97 Å². The van der Waals surface area contributed by atoms with Crippen molar-refractivity contribution in [2.75, 3.05) is 6.61 Å². The molecule has 5 nitrogen and oxygen atoms in total. The summed E-state index contributed by atoms with van der Waals surface area (Å²) in [4.78, 5) is 16.8. The summed E-state index contributed by atoms with van der Waals surface area (Å²) >= 11 is 3.43. The summed E-state index contributed by atoms with van der Waals surface area (Å²) < 4.78 is 6.10. The summed E-state index contributed by atoms with van der Waals surface area (Å²) in [5, 5.41) is 7.18. The van der Waals surface area contributed by atoms with Crippen molar-refractivity contribution in [2.24, 2.45) is 0 Å². The van der Waals surface area contributed by atoms with Crippen molar-refractivity contribution in [1.82, 2.24) is 15.2 Å². The number of aromatic nitrogens is 3. The molecule has 110 valence electrons. The minimum Gasteiger partial charge on any atom is -0.465 e. The van der Waals surface area contributed by atoms with Gasteiger partial charge in [-0.3, -0.25) is 9.89 Å². The molecule has 1 aromatic carbocycles. The van der Waals surface area contributed by atoms with E-state index in [0.717, 1.165) is 28.7 Å². The van der Waals surface area contributed by atoms with Crippen LogP contribution in [0.4, 0.5) is 0 Å². The van der Waals surface area contributed by atoms with Crippen LogP contribution in [-0.2, 0) is 9.53 Å². The van der Waals surface area contributed by atoms with E-state index in [9.17, 15) is 4.79 Å². The minimum atomic E-state index is -0.591. The van der Waals surface area contributed by atoms with E-state index < -0.39 is 5.92 Å². The van der Waals surface area contributed by atoms with Gasteiger partial charge in [0.2, 0.25) is 0 Å². The van der Waals surface area contributed by atoms with Crippen molar-refractivity contribution in [2.45, 2.75) is 31.6 Å². The SMILES string of the molecule is CCOC(=O)C(c1cccc(Br)c1)c1n[nH]c(C2CC2)n1. The number of hydrogen-bond acceptors (Lipinski definition) is 4. The van der Waals surface area contributed by atoms with Gasteiger partial charge < -0.3 is 4.74 Å². The number of H-pyrrole nitrogens is 1. The Balaban J connectivity index is 1.96. The average Bonchev–Trinajstić information content (AvgIpc) is 3.20. The quantitative estimate of drug-likeness (QED) is 0.842. The van der Waals surface area contributed by atoms with E-state index in [1.54, 1.807) is 6.92 Å². The largest absolute Gasteiger partial charge is 0.465 e. The van der Waals surface area contributed by atoms with Gasteiger partial charge in [0.25, 0.3) is 0 Å². The first kappa shape index (κ1) is 14.3. The van der Waals surface area contributed by atoms with Gasteiger partial charge in [-0.2, -0.15) is 5.10 Å². The molecule has 1 saturated carbocycles. The lowest BCUT2D eigenvalue weighted by atomic mass is 9.98. The van der Waals surface area contributed by atoms with E-state index in [-0.39, 0.29) is 5.97 Å². The number of aromatic amines is 1. The number of esters is 1. The van der Waals surface area contributed by atoms with E-state index in [1.165, 1.54) is 0 Å². The Hall–Kier alpha value is -1.69. The fraction of sp³-hybridized carbons (Fsp3) is 0.400. The van der Waals surface area contributed by atoms with Gasteiger partial charge in [-0.25, -0.2) is 4.98 Å². The van der Waals surface area contributed by atoms with Gasteiger partial charge in [-0.1, -0.05) is 28.1 Å². The van der Waals surface area contributed by atoms with E-state index >= 15 is 0 Å². The summed E-state index contributed by atoms with van der Waals surface area (Å²) in [6.07, 6.45) is 2.27. The van der Waals surface area contributed by atoms with Crippen molar-refractivity contribution in [3.8, 4) is 0 Å². The molecule has 0 saturated heterocycles. The van der Waals surface area contributed by atoms with Crippen LogP contribution in [-0.4, -0.2) is 27.8 Å². The highest BCUT2D eigenvalue weighted by molar-refractivity contribution is 9.10. The Bertz CT molecular complexity index is 652. The number of benzene rings is 1. The molecular formula is C15H16BrN3O2. The highest BCUT2D eigenvalue weighted by atomic mass is 79.9. The lowest BCUT2D eigenvalue weighted by molar-refractivity contribution is -0.144. The maximum atomic E-state index is 12.3. The predicted molar refractivity (Wildman–Crippen MR) is 81.0 cm³/mol. The number of ether oxygens (including phenoxy) is 1. The lowest BCUT2D eigenvalue weighted by Gasteiger charge is -2.13. The number of hydrogen-bond donors (Lipinski definition) is 1. The topological polar surface area (TPSA) is 67.9 Å². The van der Waals surface area contributed by atoms with Crippen molar-refractivity contribution in [1.29, 1.82) is 0 Å². The molecule has 0 spiro atoms. The maximum Gasteiger partial charge on any atom is 0.321 e. The molecule has 0 radical (unpaired) electrons. The number of carbonyl (C=O) groups excluding carboxylic acids is 1. The predicted octanol–water partition coefficient (Wildman–Crippen LogP) is 3.14. The van der Waals surface area contributed by atoms with Crippen LogP contribution in [0.15, 0.2) is 28.7 Å². The van der Waals surface area contributed by atoms with E-state index in [4.69, 9.17) is 4.74 Å². The van der Waals surface area contributed by atoms with Crippen LogP contribution in [0.2, 0.25) is 0 Å². The molecule has 1 heterocycles. The first-order chi connectivity index (χ1) is 10.2. The third kappa shape index (κ3) is 3.15. The molecule has 1 N–H and O–H groups in total. The fourth-order valence-corrected chi connectivity index (χ4v) is 2.68. The zero-order valence-electron chi connectivity index (χ0n) is 11.7. The van der Waals surface area contributed by atoms with Gasteiger partial charge in [0, 0.05) is 10.4 Å². The molecule has 1 aromatic heterocycles. The monoisotopic (exact) mass is 349 g/mol. The van der Waals surface area contributed by atoms with Crippen LogP contribution in [0.25, 0.3) is 0 Å². The van der Waals surface area contributed by atoms with Crippen LogP contribution < -0.4 is 0 Å². The molecule has 6 heteroatoms. The molecule has 1 atom stereocenters. The molecule has 1 aliphatic carbocycles. The second-order valence-corrected chi connectivity index (χ2v) is 6.01. The smallest absolute Gasteiger partial charge is 0.321 e. The lowest BCUT2D eigenvalue weighted by Crippen LogP contribution is -2.18. The second kappa shape index (κ2) is 5.97. The number of rotatable bonds is 5. The second-order valence-electron chi connectivity index (χ2n) is 5.09. The molecule has 0 bridgehead atoms. The molecule has 1 fully saturated rings. The number of nitrogens with zero attached hydrogens (tertiary/aromatic N) is 2. The summed E-state index contributed by atoms with van der Waals surface area (Å²) in [5.74, 6) is 0.905. The van der Waals surface area contributed by atoms with Crippen LogP contribution >= 0.6 is 15.9 Å². The average molecular weight is 350 g/mol. The summed E-state index contributed by atoms with van der Waals surface area (Å²) in [6.45, 7) is 2.13. The zero-order chi connectivity index (χ0) is 14.8. The highest BCUT2D eigenvalue weighted by Gasteiger charge is 2.32. The Kier molecular flexibility index (Phi) is 4.05. The number of carbonyl (C=O) groups is 1. The molecule has 21 heavy (non-hydrogen) atoms. The molecule has 1 aliphatic rings. The summed E-state index contributed by atoms with van der Waals surface area (Å²) in [7, 11) is 0. The molecule has 0 aliphatic heterocycles. The normalized spacial score (nSPS) is 15.7. The van der Waals surface area contributed by atoms with Gasteiger partial charge in [0.1, 0.15) is 11.7 Å². The van der Waals surface area contributed by atoms with E-state index in [2.05, 4.69) is 31.1 Å². The fourth-order valence-electron chi connectivity index (χ4n) is 2.26. The molecular weight excluding hydrogens is 334 g/mol. The van der Waals surface area contributed by atoms with Crippen molar-refractivity contribution >= 4 is 21.9 Å². The summed E-state index contributed by atoms with van der Waals surface area (Å²) in [5.41, 5.74) is 0.823. The minimum absolute atomic E-state index is 0.322. The third-order valence-electron chi connectivity index (χ3n) is 3.45. The molecule has 0 amide bonds. The summed E-state index contributed by atoms with van der Waals surface area (Å²) in [6, 6.07) is 7.59. The molecule has 1 unspecified atom stereocenters. The Labute approximate surface area is 131 Å².